The summed E-state index contributed by atoms with van der Waals surface area (Å²) >= 11 is 0. The van der Waals surface area contributed by atoms with E-state index in [0.29, 0.717) is 6.54 Å². The van der Waals surface area contributed by atoms with Crippen molar-refractivity contribution in [1.82, 2.24) is 15.2 Å². The summed E-state index contributed by atoms with van der Waals surface area (Å²) < 4.78 is 0. The zero-order valence-electron chi connectivity index (χ0n) is 11.7. The van der Waals surface area contributed by atoms with Crippen molar-refractivity contribution >= 4 is 12.0 Å². The molecular weight excluding hydrogens is 258 g/mol. The van der Waals surface area contributed by atoms with Crippen LogP contribution in [0.4, 0.5) is 4.79 Å². The summed E-state index contributed by atoms with van der Waals surface area (Å²) in [6, 6.07) is 3.28. The number of aliphatic carboxylic acids is 1. The Kier molecular flexibility index (Phi) is 3.92. The average molecular weight is 277 g/mol. The molecule has 2 N–H and O–H groups in total. The van der Waals surface area contributed by atoms with Crippen LogP contribution in [0.5, 0.6) is 0 Å². The fourth-order valence-corrected chi connectivity index (χ4v) is 2.15. The topological polar surface area (TPSA) is 82.5 Å². The summed E-state index contributed by atoms with van der Waals surface area (Å²) in [4.78, 5) is 29.0. The van der Waals surface area contributed by atoms with E-state index in [1.165, 1.54) is 4.90 Å². The molecule has 6 heteroatoms. The molecule has 0 aromatic carbocycles. The maximum absolute atomic E-state index is 12.1. The van der Waals surface area contributed by atoms with Gasteiger partial charge in [0, 0.05) is 26.0 Å². The molecule has 1 unspecified atom stereocenters. The summed E-state index contributed by atoms with van der Waals surface area (Å²) in [7, 11) is 1.64. The first kappa shape index (κ1) is 14.3. The van der Waals surface area contributed by atoms with Crippen LogP contribution >= 0.6 is 0 Å². The Hall–Kier alpha value is -2.11. The molecule has 6 nitrogen and oxygen atoms in total. The van der Waals surface area contributed by atoms with E-state index in [9.17, 15) is 14.7 Å². The molecule has 0 saturated heterocycles. The minimum absolute atomic E-state index is 0.0238. The summed E-state index contributed by atoms with van der Waals surface area (Å²) in [5.41, 5.74) is -0.283. The lowest BCUT2D eigenvalue weighted by molar-refractivity contribution is -0.144. The number of urea groups is 1. The highest BCUT2D eigenvalue weighted by molar-refractivity contribution is 5.86. The summed E-state index contributed by atoms with van der Waals surface area (Å²) in [5.74, 6) is -0.959. The molecule has 1 aromatic rings. The average Bonchev–Trinajstić information content (AvgIpc) is 3.24. The van der Waals surface area contributed by atoms with Crippen LogP contribution in [0.25, 0.3) is 0 Å². The van der Waals surface area contributed by atoms with Gasteiger partial charge >= 0.3 is 12.0 Å². The largest absolute Gasteiger partial charge is 0.480 e. The van der Waals surface area contributed by atoms with Gasteiger partial charge in [-0.2, -0.15) is 0 Å². The van der Waals surface area contributed by atoms with E-state index >= 15 is 0 Å². The van der Waals surface area contributed by atoms with Crippen LogP contribution in [0.2, 0.25) is 0 Å². The molecule has 1 atom stereocenters. The second kappa shape index (κ2) is 5.48. The first-order chi connectivity index (χ1) is 9.43. The Morgan fingerprint density at radius 1 is 1.55 bits per heavy atom. The van der Waals surface area contributed by atoms with Gasteiger partial charge in [0.25, 0.3) is 0 Å². The zero-order valence-corrected chi connectivity index (χ0v) is 11.7. The number of hydrogen-bond donors (Lipinski definition) is 2. The van der Waals surface area contributed by atoms with Crippen LogP contribution < -0.4 is 5.32 Å². The second-order valence-corrected chi connectivity index (χ2v) is 5.43. The van der Waals surface area contributed by atoms with Crippen molar-refractivity contribution < 1.29 is 14.7 Å². The van der Waals surface area contributed by atoms with Crippen molar-refractivity contribution in [2.24, 2.45) is 5.92 Å². The Morgan fingerprint density at radius 3 is 2.75 bits per heavy atom. The van der Waals surface area contributed by atoms with Crippen LogP contribution in [0.15, 0.2) is 24.5 Å². The highest BCUT2D eigenvalue weighted by Gasteiger charge is 2.48. The molecule has 0 spiro atoms. The van der Waals surface area contributed by atoms with Crippen molar-refractivity contribution in [2.75, 3.05) is 7.05 Å². The van der Waals surface area contributed by atoms with Gasteiger partial charge in [-0.25, -0.2) is 9.59 Å². The molecular formula is C14H19N3O3. The SMILES string of the molecule is CN(Cc1cccnc1)C(=O)NC(C)(C(=O)O)C1CC1. The lowest BCUT2D eigenvalue weighted by Crippen LogP contribution is -2.56. The highest BCUT2D eigenvalue weighted by Crippen LogP contribution is 2.39. The standard InChI is InChI=1S/C14H19N3O3/c1-14(12(18)19,11-5-6-11)16-13(20)17(2)9-10-4-3-7-15-8-10/h3-4,7-8,11H,5-6,9H2,1-2H3,(H,16,20)(H,18,19). The van der Waals surface area contributed by atoms with Gasteiger partial charge in [0.1, 0.15) is 5.54 Å². The van der Waals surface area contributed by atoms with Gasteiger partial charge in [-0.1, -0.05) is 6.07 Å². The molecule has 0 aliphatic heterocycles. The Morgan fingerprint density at radius 2 is 2.25 bits per heavy atom. The molecule has 1 aliphatic carbocycles. The molecule has 20 heavy (non-hydrogen) atoms. The van der Waals surface area contributed by atoms with Crippen LogP contribution in [0.3, 0.4) is 0 Å². The van der Waals surface area contributed by atoms with Gasteiger partial charge in [-0.15, -0.1) is 0 Å². The summed E-state index contributed by atoms with van der Waals surface area (Å²) in [6.45, 7) is 1.96. The van der Waals surface area contributed by atoms with Gasteiger partial charge in [-0.05, 0) is 37.3 Å². The fourth-order valence-electron chi connectivity index (χ4n) is 2.15. The number of nitrogens with zero attached hydrogens (tertiary/aromatic N) is 2. The molecule has 1 aromatic heterocycles. The number of carboxylic acid groups (broad SMARTS) is 1. The highest BCUT2D eigenvalue weighted by atomic mass is 16.4. The molecule has 1 aliphatic rings. The fraction of sp³-hybridized carbons (Fsp3) is 0.500. The molecule has 2 amide bonds. The predicted octanol–water partition coefficient (Wildman–Crippen LogP) is 1.48. The first-order valence-corrected chi connectivity index (χ1v) is 6.59. The zero-order chi connectivity index (χ0) is 14.8. The van der Waals surface area contributed by atoms with Crippen LogP contribution in [0, 0.1) is 5.92 Å². The van der Waals surface area contributed by atoms with Crippen LogP contribution in [-0.4, -0.2) is 39.6 Å². The van der Waals surface area contributed by atoms with E-state index in [1.807, 2.05) is 6.07 Å². The quantitative estimate of drug-likeness (QED) is 0.854. The predicted molar refractivity (Wildman–Crippen MR) is 73.0 cm³/mol. The number of rotatable bonds is 5. The van der Waals surface area contributed by atoms with Crippen molar-refractivity contribution in [1.29, 1.82) is 0 Å². The number of aromatic nitrogens is 1. The molecule has 1 saturated carbocycles. The third kappa shape index (κ3) is 3.07. The lowest BCUT2D eigenvalue weighted by Gasteiger charge is -2.29. The van der Waals surface area contributed by atoms with Gasteiger partial charge in [0.15, 0.2) is 0 Å². The second-order valence-electron chi connectivity index (χ2n) is 5.43. The maximum atomic E-state index is 12.1. The van der Waals surface area contributed by atoms with Crippen molar-refractivity contribution in [3.63, 3.8) is 0 Å². The third-order valence-electron chi connectivity index (χ3n) is 3.69. The molecule has 0 radical (unpaired) electrons. The van der Waals surface area contributed by atoms with Crippen LogP contribution in [0.1, 0.15) is 25.3 Å². The molecule has 1 fully saturated rings. The van der Waals surface area contributed by atoms with E-state index in [2.05, 4.69) is 10.3 Å². The number of nitrogens with one attached hydrogen (secondary N) is 1. The minimum Gasteiger partial charge on any atom is -0.480 e. The Labute approximate surface area is 117 Å². The Bertz CT molecular complexity index is 502. The van der Waals surface area contributed by atoms with E-state index in [4.69, 9.17) is 0 Å². The molecule has 2 rings (SSSR count). The molecule has 108 valence electrons. The summed E-state index contributed by atoms with van der Waals surface area (Å²) in [6.07, 6.45) is 5.03. The maximum Gasteiger partial charge on any atom is 0.329 e. The van der Waals surface area contributed by atoms with Gasteiger partial charge in [0.2, 0.25) is 0 Å². The van der Waals surface area contributed by atoms with E-state index in [0.717, 1.165) is 18.4 Å². The minimum atomic E-state index is -1.18. The van der Waals surface area contributed by atoms with E-state index in [-0.39, 0.29) is 11.9 Å². The van der Waals surface area contributed by atoms with Gasteiger partial charge in [-0.3, -0.25) is 4.98 Å². The van der Waals surface area contributed by atoms with E-state index in [1.54, 1.807) is 32.4 Å². The number of carbonyl (C=O) groups is 2. The Balaban J connectivity index is 1.98. The number of amides is 2. The van der Waals surface area contributed by atoms with E-state index < -0.39 is 11.5 Å². The van der Waals surface area contributed by atoms with Gasteiger partial charge in [0.05, 0.1) is 0 Å². The monoisotopic (exact) mass is 277 g/mol. The number of hydrogen-bond acceptors (Lipinski definition) is 3. The number of carbonyl (C=O) groups excluding carboxylic acids is 1. The van der Waals surface area contributed by atoms with Crippen LogP contribution in [-0.2, 0) is 11.3 Å². The lowest BCUT2D eigenvalue weighted by atomic mass is 9.96. The smallest absolute Gasteiger partial charge is 0.329 e. The summed E-state index contributed by atoms with van der Waals surface area (Å²) in [5, 5.41) is 12.0. The normalized spacial score (nSPS) is 17.1. The van der Waals surface area contributed by atoms with Gasteiger partial charge < -0.3 is 15.3 Å². The number of carboxylic acids is 1. The van der Waals surface area contributed by atoms with Crippen molar-refractivity contribution in [2.45, 2.75) is 31.8 Å². The first-order valence-electron chi connectivity index (χ1n) is 6.59. The molecule has 0 bridgehead atoms. The number of pyridine rings is 1. The van der Waals surface area contributed by atoms with Crippen molar-refractivity contribution in [3.05, 3.63) is 30.1 Å². The third-order valence-corrected chi connectivity index (χ3v) is 3.69. The molecule has 1 heterocycles. The van der Waals surface area contributed by atoms with Crippen molar-refractivity contribution in [3.8, 4) is 0 Å².